The summed E-state index contributed by atoms with van der Waals surface area (Å²) in [6.07, 6.45) is 34.8. The van der Waals surface area contributed by atoms with Crippen molar-refractivity contribution in [3.63, 3.8) is 0 Å². The van der Waals surface area contributed by atoms with E-state index in [2.05, 4.69) is 45.1 Å². The Morgan fingerprint density at radius 2 is 1.16 bits per heavy atom. The van der Waals surface area contributed by atoms with Crippen LogP contribution in [0.2, 0.25) is 0 Å². The van der Waals surface area contributed by atoms with Crippen LogP contribution in [0.5, 0.6) is 0 Å². The number of aliphatic hydroxyl groups is 2. The van der Waals surface area contributed by atoms with Crippen molar-refractivity contribution in [3.8, 4) is 0 Å². The number of ether oxygens (including phenoxy) is 2. The highest BCUT2D eigenvalue weighted by Crippen LogP contribution is 2.13. The number of rotatable bonds is 30. The van der Waals surface area contributed by atoms with Crippen LogP contribution < -0.4 is 0 Å². The Bertz CT molecular complexity index is 782. The third-order valence-corrected chi connectivity index (χ3v) is 7.35. The average molecular weight is 619 g/mol. The van der Waals surface area contributed by atoms with E-state index in [9.17, 15) is 19.8 Å². The summed E-state index contributed by atoms with van der Waals surface area (Å²) in [6.45, 7) is 6.39. The van der Waals surface area contributed by atoms with Crippen LogP contribution >= 0.6 is 0 Å². The molecule has 0 aromatic rings. The van der Waals surface area contributed by atoms with Crippen molar-refractivity contribution >= 4 is 11.9 Å². The maximum Gasteiger partial charge on any atom is 0.305 e. The van der Waals surface area contributed by atoms with Crippen molar-refractivity contribution in [2.75, 3.05) is 13.2 Å². The highest BCUT2D eigenvalue weighted by molar-refractivity contribution is 5.69. The molecule has 6 heteroatoms. The van der Waals surface area contributed by atoms with Gasteiger partial charge in [-0.2, -0.15) is 0 Å². The summed E-state index contributed by atoms with van der Waals surface area (Å²) in [5.74, 6) is 0.0427. The van der Waals surface area contributed by atoms with Gasteiger partial charge in [-0.3, -0.25) is 9.59 Å². The highest BCUT2D eigenvalue weighted by Gasteiger charge is 2.12. The summed E-state index contributed by atoms with van der Waals surface area (Å²) in [7, 11) is 0. The first-order chi connectivity index (χ1) is 21.3. The Balaban J connectivity index is 3.68. The number of hydrogen-bond acceptors (Lipinski definition) is 6. The first-order valence-corrected chi connectivity index (χ1v) is 17.7. The molecule has 0 aliphatic rings. The molecule has 2 atom stereocenters. The standard InChI is InChI=1S/C38H66O6/c1-4-5-6-7-8-9-10-11-12-15-18-21-24-28-35(39)29-26-31-38(42)44-33-36(40)32-43-37(41)30-25-22-19-16-13-14-17-20-23-27-34(2)3/h8-9,11-12,18,21,24,28,34-36,39-40H,4-7,10,13-17,19-20,22-23,25-27,29-33H2,1-3H3/b9-8-,12-11-,21-18-,28-24+/t35-,36+/m1/s1. The van der Waals surface area contributed by atoms with Crippen molar-refractivity contribution in [3.05, 3.63) is 48.6 Å². The van der Waals surface area contributed by atoms with Crippen molar-refractivity contribution in [2.45, 2.75) is 161 Å². The summed E-state index contributed by atoms with van der Waals surface area (Å²) in [5, 5.41) is 20.0. The van der Waals surface area contributed by atoms with E-state index in [0.717, 1.165) is 44.4 Å². The normalized spacial score (nSPS) is 13.6. The molecular formula is C38H66O6. The van der Waals surface area contributed by atoms with Gasteiger partial charge in [-0.05, 0) is 50.9 Å². The van der Waals surface area contributed by atoms with Crippen LogP contribution in [0, 0.1) is 5.92 Å². The van der Waals surface area contributed by atoms with Gasteiger partial charge in [0.15, 0.2) is 0 Å². The Labute approximate surface area is 270 Å². The molecule has 0 saturated heterocycles. The second-order valence-corrected chi connectivity index (χ2v) is 12.3. The average Bonchev–Trinajstić information content (AvgIpc) is 2.99. The van der Waals surface area contributed by atoms with E-state index in [4.69, 9.17) is 9.47 Å². The van der Waals surface area contributed by atoms with E-state index in [1.807, 2.05) is 18.2 Å². The van der Waals surface area contributed by atoms with Gasteiger partial charge >= 0.3 is 11.9 Å². The zero-order valence-electron chi connectivity index (χ0n) is 28.4. The highest BCUT2D eigenvalue weighted by atomic mass is 16.6. The minimum atomic E-state index is -1.04. The molecule has 0 heterocycles. The number of aliphatic hydroxyl groups excluding tert-OH is 2. The Hall–Kier alpha value is -2.18. The molecule has 254 valence electrons. The smallest absolute Gasteiger partial charge is 0.305 e. The SMILES string of the molecule is CCCCC/C=C\C/C=C\C/C=C\C=C\[C@@H](O)CCCC(=O)OC[C@@H](O)COC(=O)CCCCCCCCCCCC(C)C. The maximum atomic E-state index is 11.9. The van der Waals surface area contributed by atoms with Gasteiger partial charge in [0, 0.05) is 12.8 Å². The van der Waals surface area contributed by atoms with Gasteiger partial charge in [0.05, 0.1) is 6.10 Å². The lowest BCUT2D eigenvalue weighted by molar-refractivity contribution is -0.152. The van der Waals surface area contributed by atoms with Gasteiger partial charge in [0.1, 0.15) is 19.3 Å². The molecule has 6 nitrogen and oxygen atoms in total. The monoisotopic (exact) mass is 618 g/mol. The lowest BCUT2D eigenvalue weighted by Gasteiger charge is -2.12. The minimum absolute atomic E-state index is 0.156. The second kappa shape index (κ2) is 32.2. The Morgan fingerprint density at radius 1 is 0.614 bits per heavy atom. The van der Waals surface area contributed by atoms with Crippen LogP contribution in [0.3, 0.4) is 0 Å². The van der Waals surface area contributed by atoms with Gasteiger partial charge in [-0.15, -0.1) is 0 Å². The van der Waals surface area contributed by atoms with Crippen LogP contribution in [0.15, 0.2) is 48.6 Å². The topological polar surface area (TPSA) is 93.1 Å². The van der Waals surface area contributed by atoms with E-state index >= 15 is 0 Å². The zero-order chi connectivity index (χ0) is 32.5. The van der Waals surface area contributed by atoms with E-state index < -0.39 is 18.2 Å². The van der Waals surface area contributed by atoms with E-state index in [1.54, 1.807) is 6.08 Å². The first-order valence-electron chi connectivity index (χ1n) is 17.7. The molecule has 2 N–H and O–H groups in total. The van der Waals surface area contributed by atoms with Crippen LogP contribution in [0.4, 0.5) is 0 Å². The molecule has 0 amide bonds. The predicted octanol–water partition coefficient (Wildman–Crippen LogP) is 9.50. The summed E-state index contributed by atoms with van der Waals surface area (Å²) < 4.78 is 10.2. The molecule has 0 saturated carbocycles. The largest absolute Gasteiger partial charge is 0.463 e. The fourth-order valence-corrected chi connectivity index (χ4v) is 4.61. The lowest BCUT2D eigenvalue weighted by atomic mass is 10.0. The second-order valence-electron chi connectivity index (χ2n) is 12.3. The van der Waals surface area contributed by atoms with Crippen LogP contribution in [0.1, 0.15) is 149 Å². The Kier molecular flexibility index (Phi) is 30.6. The zero-order valence-corrected chi connectivity index (χ0v) is 28.4. The first kappa shape index (κ1) is 41.8. The third-order valence-electron chi connectivity index (χ3n) is 7.35. The van der Waals surface area contributed by atoms with E-state index in [-0.39, 0.29) is 25.6 Å². The van der Waals surface area contributed by atoms with Gasteiger partial charge in [0.25, 0.3) is 0 Å². The number of carbonyl (C=O) groups is 2. The minimum Gasteiger partial charge on any atom is -0.463 e. The van der Waals surface area contributed by atoms with Crippen LogP contribution in [-0.4, -0.2) is 47.6 Å². The number of unbranched alkanes of at least 4 members (excludes halogenated alkanes) is 11. The lowest BCUT2D eigenvalue weighted by Crippen LogP contribution is -2.25. The van der Waals surface area contributed by atoms with Gasteiger partial charge < -0.3 is 19.7 Å². The summed E-state index contributed by atoms with van der Waals surface area (Å²) in [6, 6.07) is 0. The number of carbonyl (C=O) groups excluding carboxylic acids is 2. The summed E-state index contributed by atoms with van der Waals surface area (Å²) in [4.78, 5) is 23.8. The molecule has 44 heavy (non-hydrogen) atoms. The predicted molar refractivity (Wildman–Crippen MR) is 183 cm³/mol. The fourth-order valence-electron chi connectivity index (χ4n) is 4.61. The molecule has 0 fully saturated rings. The van der Waals surface area contributed by atoms with Crippen LogP contribution in [-0.2, 0) is 19.1 Å². The summed E-state index contributed by atoms with van der Waals surface area (Å²) >= 11 is 0. The van der Waals surface area contributed by atoms with E-state index in [1.165, 1.54) is 64.2 Å². The molecule has 0 aromatic heterocycles. The number of esters is 2. The number of allylic oxidation sites excluding steroid dienone is 7. The van der Waals surface area contributed by atoms with E-state index in [0.29, 0.717) is 19.3 Å². The molecule has 0 rings (SSSR count). The van der Waals surface area contributed by atoms with Crippen molar-refractivity contribution in [1.29, 1.82) is 0 Å². The number of hydrogen-bond donors (Lipinski definition) is 2. The molecule has 0 radical (unpaired) electrons. The Morgan fingerprint density at radius 3 is 1.77 bits per heavy atom. The molecule has 0 spiro atoms. The molecular weight excluding hydrogens is 552 g/mol. The van der Waals surface area contributed by atoms with Gasteiger partial charge in [0.2, 0.25) is 0 Å². The van der Waals surface area contributed by atoms with Crippen molar-refractivity contribution in [2.24, 2.45) is 5.92 Å². The summed E-state index contributed by atoms with van der Waals surface area (Å²) in [5.41, 5.74) is 0. The maximum absolute atomic E-state index is 11.9. The van der Waals surface area contributed by atoms with Crippen LogP contribution in [0.25, 0.3) is 0 Å². The molecule has 0 unspecified atom stereocenters. The fraction of sp³-hybridized carbons (Fsp3) is 0.737. The molecule has 0 aromatic carbocycles. The van der Waals surface area contributed by atoms with Crippen molar-refractivity contribution < 1.29 is 29.3 Å². The third kappa shape index (κ3) is 32.7. The molecule has 0 aliphatic heterocycles. The molecule has 0 aliphatic carbocycles. The quantitative estimate of drug-likeness (QED) is 0.0360. The van der Waals surface area contributed by atoms with Crippen molar-refractivity contribution in [1.82, 2.24) is 0 Å². The molecule has 0 bridgehead atoms. The van der Waals surface area contributed by atoms with Gasteiger partial charge in [-0.1, -0.05) is 140 Å². The van der Waals surface area contributed by atoms with Gasteiger partial charge in [-0.25, -0.2) is 0 Å².